The van der Waals surface area contributed by atoms with Gasteiger partial charge >= 0.3 is 5.97 Å². The van der Waals surface area contributed by atoms with Gasteiger partial charge < -0.3 is 37.9 Å². The van der Waals surface area contributed by atoms with Gasteiger partial charge in [0.25, 0.3) is 0 Å². The summed E-state index contributed by atoms with van der Waals surface area (Å²) in [7, 11) is 3.30. The summed E-state index contributed by atoms with van der Waals surface area (Å²) in [6.07, 6.45) is 1.68. The van der Waals surface area contributed by atoms with Gasteiger partial charge in [0.15, 0.2) is 5.78 Å². The average Bonchev–Trinajstić information content (AvgIpc) is 3.18. The minimum Gasteiger partial charge on any atom is -0.497 e. The van der Waals surface area contributed by atoms with E-state index in [0.717, 1.165) is 22.6 Å². The quantitative estimate of drug-likeness (QED) is 0.234. The van der Waals surface area contributed by atoms with Crippen molar-refractivity contribution in [3.05, 3.63) is 59.7 Å². The van der Waals surface area contributed by atoms with E-state index in [4.69, 9.17) is 37.9 Å². The summed E-state index contributed by atoms with van der Waals surface area (Å²) in [5, 5.41) is 0. The average molecular weight is 655 g/mol. The lowest BCUT2D eigenvalue weighted by Gasteiger charge is -2.55. The molecule has 0 unspecified atom stereocenters. The molecular weight excluding hydrogens is 604 g/mol. The van der Waals surface area contributed by atoms with Crippen molar-refractivity contribution in [2.75, 3.05) is 27.4 Å². The lowest BCUT2D eigenvalue weighted by atomic mass is 9.74. The van der Waals surface area contributed by atoms with Crippen molar-refractivity contribution in [2.45, 2.75) is 121 Å². The molecule has 0 bridgehead atoms. The van der Waals surface area contributed by atoms with E-state index in [2.05, 4.69) is 6.92 Å². The highest BCUT2D eigenvalue weighted by Crippen LogP contribution is 2.48. The fourth-order valence-electron chi connectivity index (χ4n) is 7.07. The minimum atomic E-state index is -0.730. The molecule has 10 heteroatoms. The number of carbonyl (C=O) groups excluding carboxylic acids is 2. The van der Waals surface area contributed by atoms with E-state index in [0.29, 0.717) is 58.5 Å². The van der Waals surface area contributed by atoms with Gasteiger partial charge in [-0.1, -0.05) is 24.3 Å². The van der Waals surface area contributed by atoms with Crippen LogP contribution in [0.1, 0.15) is 76.8 Å². The van der Waals surface area contributed by atoms with Crippen molar-refractivity contribution in [1.82, 2.24) is 0 Å². The Morgan fingerprint density at radius 2 is 1.51 bits per heavy atom. The maximum absolute atomic E-state index is 13.1. The number of ketones is 1. The first-order chi connectivity index (χ1) is 22.6. The molecule has 3 heterocycles. The molecule has 47 heavy (non-hydrogen) atoms. The van der Waals surface area contributed by atoms with Crippen molar-refractivity contribution < 1.29 is 47.5 Å². The first kappa shape index (κ1) is 35.3. The third-order valence-electron chi connectivity index (χ3n) is 9.58. The van der Waals surface area contributed by atoms with Crippen LogP contribution in [0.3, 0.4) is 0 Å². The van der Waals surface area contributed by atoms with Gasteiger partial charge in [-0.05, 0) is 81.8 Å². The molecule has 7 atom stereocenters. The molecule has 0 aliphatic carbocycles. The molecule has 0 amide bonds. The highest BCUT2D eigenvalue weighted by Gasteiger charge is 2.58. The molecule has 10 nitrogen and oxygen atoms in total. The third-order valence-corrected chi connectivity index (χ3v) is 9.58. The van der Waals surface area contributed by atoms with Crippen LogP contribution in [-0.4, -0.2) is 80.9 Å². The summed E-state index contributed by atoms with van der Waals surface area (Å²) >= 11 is 0. The summed E-state index contributed by atoms with van der Waals surface area (Å²) in [4.78, 5) is 25.0. The molecule has 0 aromatic heterocycles. The molecule has 3 aliphatic rings. The first-order valence-electron chi connectivity index (χ1n) is 16.8. The summed E-state index contributed by atoms with van der Waals surface area (Å²) in [5.41, 5.74) is 0.636. The van der Waals surface area contributed by atoms with Crippen LogP contribution in [0.15, 0.2) is 48.5 Å². The molecule has 5 rings (SSSR count). The predicted octanol–water partition coefficient (Wildman–Crippen LogP) is 5.75. The number of carbonyl (C=O) groups is 2. The maximum atomic E-state index is 13.1. The minimum absolute atomic E-state index is 0.0139. The monoisotopic (exact) mass is 654 g/mol. The van der Waals surface area contributed by atoms with Crippen LogP contribution in [0, 0.1) is 0 Å². The third kappa shape index (κ3) is 8.91. The molecule has 3 aliphatic heterocycles. The SMILES string of the molecule is CCOC(=O)CCC[C@H]1O[C@@]2(C)C[C@@]3(C)O[C@@H](COCc4ccc(OC)cc4)[C@H](OCc4ccc(OC)cc4)CC[C@@H]3O[C@@H]2CC1=O. The van der Waals surface area contributed by atoms with E-state index in [1.54, 1.807) is 21.1 Å². The second-order valence-corrected chi connectivity index (χ2v) is 13.2. The molecule has 2 aromatic rings. The fraction of sp³-hybridized carbons (Fsp3) is 0.622. The molecule has 2 aromatic carbocycles. The van der Waals surface area contributed by atoms with Gasteiger partial charge in [-0.3, -0.25) is 9.59 Å². The lowest BCUT2D eigenvalue weighted by molar-refractivity contribution is -0.297. The Morgan fingerprint density at radius 1 is 0.872 bits per heavy atom. The van der Waals surface area contributed by atoms with Gasteiger partial charge in [-0.25, -0.2) is 0 Å². The zero-order valence-corrected chi connectivity index (χ0v) is 28.4. The largest absolute Gasteiger partial charge is 0.497 e. The van der Waals surface area contributed by atoms with Crippen LogP contribution >= 0.6 is 0 Å². The predicted molar refractivity (Wildman–Crippen MR) is 173 cm³/mol. The van der Waals surface area contributed by atoms with Crippen molar-refractivity contribution in [1.29, 1.82) is 0 Å². The highest BCUT2D eigenvalue weighted by atomic mass is 16.6. The van der Waals surface area contributed by atoms with E-state index >= 15 is 0 Å². The smallest absolute Gasteiger partial charge is 0.305 e. The highest BCUT2D eigenvalue weighted by molar-refractivity contribution is 5.84. The van der Waals surface area contributed by atoms with Crippen LogP contribution in [0.25, 0.3) is 0 Å². The molecule has 0 radical (unpaired) electrons. The Labute approximate surface area is 278 Å². The number of esters is 1. The fourth-order valence-corrected chi connectivity index (χ4v) is 7.07. The number of fused-ring (bicyclic) bond motifs is 2. The normalized spacial score (nSPS) is 30.5. The number of ether oxygens (including phenoxy) is 8. The number of hydrogen-bond donors (Lipinski definition) is 0. The molecule has 0 saturated carbocycles. The van der Waals surface area contributed by atoms with Gasteiger partial charge in [-0.2, -0.15) is 0 Å². The standard InChI is InChI=1S/C37H50O10/c1-6-43-35(39)9-7-8-30-29(38)20-34-37(3,46-30)24-36(2)33(45-34)19-18-31(44-22-26-12-16-28(41-5)17-13-26)32(47-36)23-42-21-25-10-14-27(40-4)15-11-25/h10-17,30-34H,6-9,18-24H2,1-5H3/t30-,31-,32+,33+,34-,36-,37+/m1/s1. The van der Waals surface area contributed by atoms with Crippen LogP contribution < -0.4 is 9.47 Å². The van der Waals surface area contributed by atoms with Gasteiger partial charge in [0.1, 0.15) is 23.7 Å². The molecule has 3 fully saturated rings. The Hall–Kier alpha value is -3.02. The number of benzene rings is 2. The zero-order valence-electron chi connectivity index (χ0n) is 28.4. The number of hydrogen-bond acceptors (Lipinski definition) is 10. The molecular formula is C37H50O10. The van der Waals surface area contributed by atoms with Crippen LogP contribution in [0.4, 0.5) is 0 Å². The zero-order chi connectivity index (χ0) is 33.4. The molecule has 0 N–H and O–H groups in total. The van der Waals surface area contributed by atoms with Crippen molar-refractivity contribution >= 4 is 11.8 Å². The van der Waals surface area contributed by atoms with E-state index < -0.39 is 17.3 Å². The summed E-state index contributed by atoms with van der Waals surface area (Å²) in [5.74, 6) is 1.35. The van der Waals surface area contributed by atoms with Crippen LogP contribution in [0.5, 0.6) is 11.5 Å². The van der Waals surface area contributed by atoms with Gasteiger partial charge in [0.2, 0.25) is 0 Å². The van der Waals surface area contributed by atoms with Crippen LogP contribution in [-0.2, 0) is 51.2 Å². The van der Waals surface area contributed by atoms with Gasteiger partial charge in [-0.15, -0.1) is 0 Å². The second-order valence-electron chi connectivity index (χ2n) is 13.2. The van der Waals surface area contributed by atoms with E-state index in [1.165, 1.54) is 0 Å². The van der Waals surface area contributed by atoms with Crippen molar-refractivity contribution in [3.8, 4) is 11.5 Å². The Kier molecular flexibility index (Phi) is 12.0. The maximum Gasteiger partial charge on any atom is 0.305 e. The Balaban J connectivity index is 1.28. The number of Topliss-reactive ketones (excluding diaryl/α,β-unsaturated/α-hetero) is 1. The van der Waals surface area contributed by atoms with E-state index in [1.807, 2.05) is 55.5 Å². The number of methoxy groups -OCH3 is 2. The molecule has 258 valence electrons. The van der Waals surface area contributed by atoms with E-state index in [-0.39, 0.29) is 49.0 Å². The second kappa shape index (κ2) is 15.9. The van der Waals surface area contributed by atoms with Gasteiger partial charge in [0.05, 0.1) is 70.2 Å². The lowest BCUT2D eigenvalue weighted by Crippen LogP contribution is -2.65. The summed E-state index contributed by atoms with van der Waals surface area (Å²) < 4.78 is 48.7. The van der Waals surface area contributed by atoms with Crippen molar-refractivity contribution in [3.63, 3.8) is 0 Å². The van der Waals surface area contributed by atoms with Crippen molar-refractivity contribution in [2.24, 2.45) is 0 Å². The number of rotatable bonds is 14. The van der Waals surface area contributed by atoms with Gasteiger partial charge in [0, 0.05) is 19.3 Å². The Morgan fingerprint density at radius 3 is 2.15 bits per heavy atom. The van der Waals surface area contributed by atoms with E-state index in [9.17, 15) is 9.59 Å². The van der Waals surface area contributed by atoms with Crippen LogP contribution in [0.2, 0.25) is 0 Å². The molecule has 3 saturated heterocycles. The Bertz CT molecular complexity index is 1310. The first-order valence-corrected chi connectivity index (χ1v) is 16.8. The summed E-state index contributed by atoms with van der Waals surface area (Å²) in [6, 6.07) is 15.7. The summed E-state index contributed by atoms with van der Waals surface area (Å²) in [6.45, 7) is 7.39. The topological polar surface area (TPSA) is 108 Å². The molecule has 0 spiro atoms.